The Bertz CT molecular complexity index is 1060. The lowest BCUT2D eigenvalue weighted by molar-refractivity contribution is -0.384. The number of aliphatic carboxylic acids is 3. The van der Waals surface area contributed by atoms with Gasteiger partial charge in [0.25, 0.3) is 5.69 Å². The smallest absolute Gasteiger partial charge is 0.317 e. The van der Waals surface area contributed by atoms with Crippen LogP contribution in [0, 0.1) is 10.1 Å². The van der Waals surface area contributed by atoms with Crippen LogP contribution in [-0.4, -0.2) is 141 Å². The molecule has 1 fully saturated rings. The third-order valence-corrected chi connectivity index (χ3v) is 8.14. The Kier molecular flexibility index (Phi) is 13.6. The topological polar surface area (TPSA) is 205 Å². The van der Waals surface area contributed by atoms with E-state index in [1.807, 2.05) is 0 Å². The molecule has 0 aromatic heterocycles. The normalized spacial score (nSPS) is 19.3. The fourth-order valence-electron chi connectivity index (χ4n) is 4.61. The maximum atomic E-state index is 13.2. The van der Waals surface area contributed by atoms with Crippen LogP contribution in [0.15, 0.2) is 24.3 Å². The van der Waals surface area contributed by atoms with Gasteiger partial charge in [0.1, 0.15) is 0 Å². The van der Waals surface area contributed by atoms with Crippen LogP contribution in [0.1, 0.15) is 18.4 Å². The SMILES string of the molecule is O=C(O)CN1CCCN(CC(=O)O)CCN(CP(=O)(O)Cc2ccc([N+](=O)[O-])cc2)CCCN(CC(=O)O)CC1. The minimum atomic E-state index is -3.77. The van der Waals surface area contributed by atoms with Crippen molar-refractivity contribution in [1.82, 2.24) is 19.6 Å². The van der Waals surface area contributed by atoms with E-state index in [0.717, 1.165) is 0 Å². The monoisotopic (exact) mass is 587 g/mol. The number of carboxylic acid groups (broad SMARTS) is 3. The van der Waals surface area contributed by atoms with Gasteiger partial charge in [-0.25, -0.2) is 0 Å². The Morgan fingerprint density at radius 2 is 1.10 bits per heavy atom. The number of benzene rings is 1. The molecule has 1 aromatic carbocycles. The molecule has 1 heterocycles. The van der Waals surface area contributed by atoms with Crippen molar-refractivity contribution in [2.75, 3.05) is 78.3 Å². The number of rotatable bonds is 11. The molecular weight excluding hydrogens is 549 g/mol. The lowest BCUT2D eigenvalue weighted by Gasteiger charge is -2.31. The number of carbonyl (C=O) groups is 3. The molecule has 1 aliphatic rings. The van der Waals surface area contributed by atoms with E-state index in [4.69, 9.17) is 0 Å². The summed E-state index contributed by atoms with van der Waals surface area (Å²) in [6, 6.07) is 5.43. The third-order valence-electron chi connectivity index (χ3n) is 6.44. The van der Waals surface area contributed by atoms with E-state index in [-0.39, 0.29) is 44.3 Å². The van der Waals surface area contributed by atoms with Crippen molar-refractivity contribution in [3.63, 3.8) is 0 Å². The Morgan fingerprint density at radius 1 is 0.725 bits per heavy atom. The highest BCUT2D eigenvalue weighted by molar-refractivity contribution is 7.57. The van der Waals surface area contributed by atoms with E-state index >= 15 is 0 Å². The average molecular weight is 588 g/mol. The highest BCUT2D eigenvalue weighted by Crippen LogP contribution is 2.45. The van der Waals surface area contributed by atoms with Crippen molar-refractivity contribution in [3.05, 3.63) is 39.9 Å². The molecule has 224 valence electrons. The van der Waals surface area contributed by atoms with Crippen LogP contribution in [0.2, 0.25) is 0 Å². The van der Waals surface area contributed by atoms with E-state index in [9.17, 15) is 49.3 Å². The number of nitrogens with zero attached hydrogens (tertiary/aromatic N) is 5. The summed E-state index contributed by atoms with van der Waals surface area (Å²) in [5.41, 5.74) is 0.353. The Balaban J connectivity index is 2.16. The van der Waals surface area contributed by atoms with Crippen LogP contribution in [0.5, 0.6) is 0 Å². The molecule has 4 N–H and O–H groups in total. The van der Waals surface area contributed by atoms with Crippen LogP contribution in [0.4, 0.5) is 5.69 Å². The van der Waals surface area contributed by atoms with E-state index in [0.29, 0.717) is 64.2 Å². The fraction of sp³-hybridized carbons (Fsp3) is 0.625. The summed E-state index contributed by atoms with van der Waals surface area (Å²) in [5.74, 6) is -3.05. The summed E-state index contributed by atoms with van der Waals surface area (Å²) >= 11 is 0. The van der Waals surface area contributed by atoms with Gasteiger partial charge >= 0.3 is 17.9 Å². The molecule has 0 saturated carbocycles. The molecule has 16 heteroatoms. The Morgan fingerprint density at radius 3 is 1.48 bits per heavy atom. The molecule has 0 radical (unpaired) electrons. The minimum absolute atomic E-state index is 0.123. The van der Waals surface area contributed by atoms with Crippen LogP contribution in [-0.2, 0) is 25.1 Å². The van der Waals surface area contributed by atoms with E-state index in [2.05, 4.69) is 0 Å². The van der Waals surface area contributed by atoms with E-state index in [1.54, 1.807) is 19.6 Å². The largest absolute Gasteiger partial charge is 0.480 e. The number of nitro groups is 1. The third kappa shape index (κ3) is 13.4. The molecule has 1 unspecified atom stereocenters. The van der Waals surface area contributed by atoms with Crippen molar-refractivity contribution >= 4 is 31.0 Å². The zero-order chi connectivity index (χ0) is 29.7. The Hall–Kier alpha value is -2.94. The summed E-state index contributed by atoms with van der Waals surface area (Å²) in [5, 5.41) is 38.8. The van der Waals surface area contributed by atoms with Crippen molar-refractivity contribution in [2.24, 2.45) is 0 Å². The van der Waals surface area contributed by atoms with Crippen LogP contribution < -0.4 is 0 Å². The van der Waals surface area contributed by atoms with Gasteiger partial charge in [-0.3, -0.25) is 48.7 Å². The van der Waals surface area contributed by atoms with Crippen molar-refractivity contribution in [1.29, 1.82) is 0 Å². The second-order valence-electron chi connectivity index (χ2n) is 9.90. The van der Waals surface area contributed by atoms with E-state index < -0.39 is 30.2 Å². The molecular formula is C24H38N5O10P. The molecule has 1 aromatic rings. The average Bonchev–Trinajstić information content (AvgIpc) is 2.83. The summed E-state index contributed by atoms with van der Waals surface area (Å²) in [4.78, 5) is 62.1. The number of non-ortho nitro benzene ring substituents is 1. The van der Waals surface area contributed by atoms with Crippen molar-refractivity contribution in [2.45, 2.75) is 19.0 Å². The quantitative estimate of drug-likeness (QED) is 0.159. The van der Waals surface area contributed by atoms with Gasteiger partial charge in [-0.1, -0.05) is 12.1 Å². The standard InChI is InChI=1S/C24H38N5O10P/c30-22(31)15-25-7-1-8-27(17-24(34)35)13-14-28(10-2-9-26(12-11-25)16-23(32)33)19-40(38,39)18-20-3-5-21(6-4-20)29(36)37/h3-6H,1-2,7-19H2,(H,30,31)(H,32,33)(H,34,35)(H,38,39). The minimum Gasteiger partial charge on any atom is -0.480 e. The molecule has 1 saturated heterocycles. The van der Waals surface area contributed by atoms with Gasteiger partial charge in [0.2, 0.25) is 7.37 Å². The molecule has 1 atom stereocenters. The number of hydrogen-bond donors (Lipinski definition) is 4. The van der Waals surface area contributed by atoms with E-state index in [1.165, 1.54) is 24.3 Å². The number of carboxylic acids is 3. The first-order valence-corrected chi connectivity index (χ1v) is 14.9. The maximum absolute atomic E-state index is 13.2. The van der Waals surface area contributed by atoms with Gasteiger partial charge in [0.05, 0.1) is 37.0 Å². The molecule has 15 nitrogen and oxygen atoms in total. The van der Waals surface area contributed by atoms with Gasteiger partial charge in [0, 0.05) is 57.9 Å². The molecule has 0 bridgehead atoms. The molecule has 1 aliphatic heterocycles. The summed E-state index contributed by atoms with van der Waals surface area (Å²) < 4.78 is 13.2. The molecule has 0 spiro atoms. The lowest BCUT2D eigenvalue weighted by atomic mass is 10.2. The molecule has 2 rings (SSSR count). The predicted octanol–water partition coefficient (Wildman–Crippen LogP) is 0.578. The zero-order valence-corrected chi connectivity index (χ0v) is 23.2. The number of hydrogen-bond acceptors (Lipinski definition) is 10. The number of nitro benzene ring substituents is 1. The second-order valence-corrected chi connectivity index (χ2v) is 12.2. The predicted molar refractivity (Wildman–Crippen MR) is 145 cm³/mol. The second kappa shape index (κ2) is 16.4. The van der Waals surface area contributed by atoms with Gasteiger partial charge in [-0.2, -0.15) is 0 Å². The first-order valence-electron chi connectivity index (χ1n) is 12.9. The van der Waals surface area contributed by atoms with Gasteiger partial charge < -0.3 is 20.2 Å². The lowest BCUT2D eigenvalue weighted by Crippen LogP contribution is -2.44. The summed E-state index contributed by atoms with van der Waals surface area (Å²) in [7, 11) is -3.77. The summed E-state index contributed by atoms with van der Waals surface area (Å²) in [6.07, 6.45) is 0.571. The molecule has 0 aliphatic carbocycles. The van der Waals surface area contributed by atoms with Crippen LogP contribution in [0.3, 0.4) is 0 Å². The van der Waals surface area contributed by atoms with Gasteiger partial charge in [0.15, 0.2) is 0 Å². The molecule has 0 amide bonds. The highest BCUT2D eigenvalue weighted by Gasteiger charge is 2.25. The van der Waals surface area contributed by atoms with Gasteiger partial charge in [-0.15, -0.1) is 0 Å². The van der Waals surface area contributed by atoms with Gasteiger partial charge in [-0.05, 0) is 24.9 Å². The van der Waals surface area contributed by atoms with Crippen LogP contribution >= 0.6 is 7.37 Å². The van der Waals surface area contributed by atoms with Crippen molar-refractivity contribution < 1.29 is 44.1 Å². The fourth-order valence-corrected chi connectivity index (χ4v) is 6.40. The zero-order valence-electron chi connectivity index (χ0n) is 22.3. The molecule has 40 heavy (non-hydrogen) atoms. The van der Waals surface area contributed by atoms with Crippen molar-refractivity contribution in [3.8, 4) is 0 Å². The first-order chi connectivity index (χ1) is 18.8. The first kappa shape index (κ1) is 33.3. The van der Waals surface area contributed by atoms with Crippen LogP contribution in [0.25, 0.3) is 0 Å². The maximum Gasteiger partial charge on any atom is 0.317 e. The summed E-state index contributed by atoms with van der Waals surface area (Å²) in [6.45, 7) is 2.00. The highest BCUT2D eigenvalue weighted by atomic mass is 31.2. The Labute approximate surface area is 232 Å².